The Balaban J connectivity index is 1.62. The van der Waals surface area contributed by atoms with Gasteiger partial charge in [-0.25, -0.2) is 0 Å². The van der Waals surface area contributed by atoms with E-state index in [4.69, 9.17) is 15.0 Å². The lowest BCUT2D eigenvalue weighted by atomic mass is 9.91. The lowest BCUT2D eigenvalue weighted by Crippen LogP contribution is -2.39. The van der Waals surface area contributed by atoms with Crippen molar-refractivity contribution >= 4 is 5.91 Å². The lowest BCUT2D eigenvalue weighted by Gasteiger charge is -2.30. The van der Waals surface area contributed by atoms with Crippen molar-refractivity contribution in [2.45, 2.75) is 39.8 Å². The molecule has 4 rings (SSSR count). The molecule has 8 nitrogen and oxygen atoms in total. The Labute approximate surface area is 186 Å². The second-order valence-electron chi connectivity index (χ2n) is 8.06. The first kappa shape index (κ1) is 21.5. The van der Waals surface area contributed by atoms with E-state index in [1.807, 2.05) is 32.9 Å². The molecule has 0 spiro atoms. The predicted molar refractivity (Wildman–Crippen MR) is 119 cm³/mol. The van der Waals surface area contributed by atoms with Crippen LogP contribution in [0.3, 0.4) is 0 Å². The first-order chi connectivity index (χ1) is 15.4. The molecule has 0 aliphatic carbocycles. The molecule has 0 radical (unpaired) electrons. The summed E-state index contributed by atoms with van der Waals surface area (Å²) in [6.45, 7) is 7.09. The van der Waals surface area contributed by atoms with Gasteiger partial charge in [0.05, 0.1) is 18.2 Å². The predicted octanol–water partition coefficient (Wildman–Crippen LogP) is 3.21. The number of hydrogen-bond acceptors (Lipinski definition) is 7. The molecule has 1 aliphatic heterocycles. The van der Waals surface area contributed by atoms with Crippen LogP contribution in [-0.2, 0) is 17.8 Å². The molecule has 2 N–H and O–H groups in total. The number of nitrogens with two attached hydrogens (primary N) is 1. The van der Waals surface area contributed by atoms with Crippen molar-refractivity contribution in [2.75, 3.05) is 13.1 Å². The Morgan fingerprint density at radius 1 is 1.34 bits per heavy atom. The molecule has 0 fully saturated rings. The Hall–Kier alpha value is -3.70. The van der Waals surface area contributed by atoms with Crippen molar-refractivity contribution in [3.63, 3.8) is 0 Å². The monoisotopic (exact) mass is 431 g/mol. The quantitative estimate of drug-likeness (QED) is 0.659. The van der Waals surface area contributed by atoms with E-state index in [9.17, 15) is 10.1 Å². The summed E-state index contributed by atoms with van der Waals surface area (Å²) >= 11 is 0. The molecule has 1 aliphatic rings. The molecule has 0 bridgehead atoms. The number of amides is 1. The maximum absolute atomic E-state index is 11.9. The van der Waals surface area contributed by atoms with Crippen LogP contribution in [0.15, 0.2) is 34.9 Å². The fourth-order valence-electron chi connectivity index (χ4n) is 3.98. The highest BCUT2D eigenvalue weighted by Gasteiger charge is 2.23. The minimum absolute atomic E-state index is 0.0239. The summed E-state index contributed by atoms with van der Waals surface area (Å²) in [7, 11) is 0. The third kappa shape index (κ3) is 4.07. The highest BCUT2D eigenvalue weighted by Crippen LogP contribution is 2.32. The van der Waals surface area contributed by atoms with Gasteiger partial charge in [0, 0.05) is 24.2 Å². The van der Waals surface area contributed by atoms with Gasteiger partial charge in [-0.2, -0.15) is 10.2 Å². The molecule has 3 aromatic rings. The van der Waals surface area contributed by atoms with Gasteiger partial charge in [0.15, 0.2) is 0 Å². The van der Waals surface area contributed by atoms with Crippen molar-refractivity contribution in [3.8, 4) is 34.7 Å². The highest BCUT2D eigenvalue weighted by atomic mass is 16.5. The van der Waals surface area contributed by atoms with Gasteiger partial charge in [0.2, 0.25) is 11.7 Å². The first-order valence-corrected chi connectivity index (χ1v) is 10.6. The summed E-state index contributed by atoms with van der Waals surface area (Å²) in [6, 6.07) is 11.4. The SMILES string of the molecule is Cc1c(-c2noc(-c3ccc(OC(C)C)c(C#N)c3)n2)ccc2c1CCN(C(=O)CN)C2. The molecule has 0 atom stereocenters. The van der Waals surface area contributed by atoms with Crippen molar-refractivity contribution in [1.29, 1.82) is 5.26 Å². The number of nitrogens with zero attached hydrogens (tertiary/aromatic N) is 4. The van der Waals surface area contributed by atoms with Gasteiger partial charge in [-0.3, -0.25) is 4.79 Å². The topological polar surface area (TPSA) is 118 Å². The third-order valence-corrected chi connectivity index (χ3v) is 5.59. The lowest BCUT2D eigenvalue weighted by molar-refractivity contribution is -0.130. The zero-order valence-corrected chi connectivity index (χ0v) is 18.4. The fraction of sp³-hybridized carbons (Fsp3) is 0.333. The first-order valence-electron chi connectivity index (χ1n) is 10.6. The smallest absolute Gasteiger partial charge is 0.258 e. The normalized spacial score (nSPS) is 13.1. The molecule has 0 unspecified atom stereocenters. The number of aromatic nitrogens is 2. The second-order valence-corrected chi connectivity index (χ2v) is 8.06. The van der Waals surface area contributed by atoms with Crippen LogP contribution in [-0.4, -0.2) is 40.1 Å². The Morgan fingerprint density at radius 3 is 2.88 bits per heavy atom. The standard InChI is InChI=1S/C24H25N5O3/c1-14(2)31-21-7-5-16(10-18(21)11-25)24-27-23(28-32-24)20-6-4-17-13-29(22(30)12-26)9-8-19(17)15(20)3/h4-7,10,14H,8-9,12-13,26H2,1-3H3. The summed E-state index contributed by atoms with van der Waals surface area (Å²) in [6.07, 6.45) is 0.726. The number of nitriles is 1. The summed E-state index contributed by atoms with van der Waals surface area (Å²) in [4.78, 5) is 18.3. The van der Waals surface area contributed by atoms with Gasteiger partial charge in [-0.15, -0.1) is 0 Å². The molecular formula is C24H25N5O3. The number of fused-ring (bicyclic) bond motifs is 1. The number of carbonyl (C=O) groups is 1. The number of carbonyl (C=O) groups excluding carboxylic acids is 1. The van der Waals surface area contributed by atoms with E-state index in [2.05, 4.69) is 16.2 Å². The number of benzene rings is 2. The molecule has 164 valence electrons. The molecule has 32 heavy (non-hydrogen) atoms. The maximum atomic E-state index is 11.9. The van der Waals surface area contributed by atoms with Gasteiger partial charge in [0.1, 0.15) is 11.8 Å². The number of hydrogen-bond donors (Lipinski definition) is 1. The van der Waals surface area contributed by atoms with Gasteiger partial charge < -0.3 is 19.9 Å². The van der Waals surface area contributed by atoms with Crippen LogP contribution < -0.4 is 10.5 Å². The van der Waals surface area contributed by atoms with E-state index in [1.54, 1.807) is 23.1 Å². The average molecular weight is 431 g/mol. The Kier molecular flexibility index (Phi) is 5.93. The van der Waals surface area contributed by atoms with Gasteiger partial charge in [-0.05, 0) is 62.1 Å². The molecular weight excluding hydrogens is 406 g/mol. The zero-order chi connectivity index (χ0) is 22.8. The van der Waals surface area contributed by atoms with Crippen molar-refractivity contribution in [3.05, 3.63) is 52.6 Å². The highest BCUT2D eigenvalue weighted by molar-refractivity contribution is 5.78. The van der Waals surface area contributed by atoms with Gasteiger partial charge in [-0.1, -0.05) is 17.3 Å². The summed E-state index contributed by atoms with van der Waals surface area (Å²) < 4.78 is 11.2. The van der Waals surface area contributed by atoms with Crippen LogP contribution in [0.2, 0.25) is 0 Å². The van der Waals surface area contributed by atoms with Crippen LogP contribution in [0.1, 0.15) is 36.1 Å². The van der Waals surface area contributed by atoms with Crippen molar-refractivity contribution < 1.29 is 14.1 Å². The van der Waals surface area contributed by atoms with Crippen molar-refractivity contribution in [2.24, 2.45) is 5.73 Å². The second kappa shape index (κ2) is 8.81. The third-order valence-electron chi connectivity index (χ3n) is 5.59. The van der Waals surface area contributed by atoms with Gasteiger partial charge in [0.25, 0.3) is 5.89 Å². The largest absolute Gasteiger partial charge is 0.490 e. The van der Waals surface area contributed by atoms with Crippen LogP contribution in [0.25, 0.3) is 22.8 Å². The number of rotatable bonds is 5. The van der Waals surface area contributed by atoms with E-state index in [1.165, 1.54) is 5.56 Å². The average Bonchev–Trinajstić information content (AvgIpc) is 3.28. The van der Waals surface area contributed by atoms with Crippen LogP contribution in [0, 0.1) is 18.3 Å². The molecule has 0 saturated heterocycles. The molecule has 0 saturated carbocycles. The molecule has 8 heteroatoms. The van der Waals surface area contributed by atoms with Crippen molar-refractivity contribution in [1.82, 2.24) is 15.0 Å². The summed E-state index contributed by atoms with van der Waals surface area (Å²) in [5, 5.41) is 13.6. The van der Waals surface area contributed by atoms with Crippen LogP contribution in [0.5, 0.6) is 5.75 Å². The number of ether oxygens (including phenoxy) is 1. The zero-order valence-electron chi connectivity index (χ0n) is 18.4. The van der Waals surface area contributed by atoms with E-state index < -0.39 is 0 Å². The molecule has 2 heterocycles. The van der Waals surface area contributed by atoms with E-state index in [0.29, 0.717) is 41.7 Å². The fourth-order valence-corrected chi connectivity index (χ4v) is 3.98. The van der Waals surface area contributed by atoms with Gasteiger partial charge >= 0.3 is 0 Å². The van der Waals surface area contributed by atoms with Crippen LogP contribution >= 0.6 is 0 Å². The van der Waals surface area contributed by atoms with E-state index in [-0.39, 0.29) is 18.6 Å². The molecule has 1 aromatic heterocycles. The van der Waals surface area contributed by atoms with E-state index >= 15 is 0 Å². The maximum Gasteiger partial charge on any atom is 0.258 e. The summed E-state index contributed by atoms with van der Waals surface area (Å²) in [5.74, 6) is 1.31. The van der Waals surface area contributed by atoms with Crippen LogP contribution in [0.4, 0.5) is 0 Å². The minimum Gasteiger partial charge on any atom is -0.490 e. The Bertz CT molecular complexity index is 1210. The Morgan fingerprint density at radius 2 is 2.16 bits per heavy atom. The minimum atomic E-state index is -0.0401. The summed E-state index contributed by atoms with van der Waals surface area (Å²) in [5.41, 5.74) is 10.9. The molecule has 2 aromatic carbocycles. The molecule has 1 amide bonds. The van der Waals surface area contributed by atoms with E-state index in [0.717, 1.165) is 23.1 Å².